The number of nitrogen functional groups attached to an aromatic ring is 1. The van der Waals surface area contributed by atoms with Gasteiger partial charge in [0.25, 0.3) is 0 Å². The SMILES string of the molecule is CC(=O)SCCOP(=O)(CO[C@H](C)Cn1cnc2c(N)ncnc21)C(C)C. The first-order chi connectivity index (χ1) is 12.7. The number of nitrogens with two attached hydrogens (primary N) is 1. The number of nitrogens with zero attached hydrogens (tertiary/aromatic N) is 4. The van der Waals surface area contributed by atoms with Gasteiger partial charge in [0.05, 0.1) is 25.6 Å². The average molecular weight is 415 g/mol. The maximum atomic E-state index is 13.0. The lowest BCUT2D eigenvalue weighted by atomic mass is 10.4. The summed E-state index contributed by atoms with van der Waals surface area (Å²) in [6.45, 7) is 7.79. The molecule has 2 heterocycles. The molecule has 2 aromatic rings. The van der Waals surface area contributed by atoms with E-state index in [4.69, 9.17) is 15.0 Å². The summed E-state index contributed by atoms with van der Waals surface area (Å²) in [5.74, 6) is 0.803. The van der Waals surface area contributed by atoms with Crippen molar-refractivity contribution in [2.45, 2.75) is 46.0 Å². The second kappa shape index (κ2) is 9.64. The standard InChI is InChI=1S/C16H26N5O4PS/c1-11(2)26(23,25-5-6-27-13(4)22)10-24-12(3)7-21-9-20-14-15(17)18-8-19-16(14)21/h8-9,11-12H,5-7,10H2,1-4H3,(H2,17,18,19)/t12-,26?/m1/s1. The van der Waals surface area contributed by atoms with Gasteiger partial charge in [0.2, 0.25) is 7.37 Å². The predicted octanol–water partition coefficient (Wildman–Crippen LogP) is 2.75. The number of thioether (sulfide) groups is 1. The quantitative estimate of drug-likeness (QED) is 0.461. The van der Waals surface area contributed by atoms with Gasteiger partial charge in [-0.25, -0.2) is 15.0 Å². The van der Waals surface area contributed by atoms with Gasteiger partial charge >= 0.3 is 0 Å². The molecule has 0 saturated carbocycles. The molecule has 0 aromatic carbocycles. The van der Waals surface area contributed by atoms with E-state index in [0.29, 0.717) is 29.3 Å². The van der Waals surface area contributed by atoms with Crippen molar-refractivity contribution in [1.82, 2.24) is 19.5 Å². The van der Waals surface area contributed by atoms with Gasteiger partial charge in [-0.3, -0.25) is 9.36 Å². The Kier molecular flexibility index (Phi) is 7.79. The summed E-state index contributed by atoms with van der Waals surface area (Å²) in [7, 11) is -2.97. The van der Waals surface area contributed by atoms with Crippen molar-refractivity contribution >= 4 is 41.2 Å². The molecule has 0 aliphatic heterocycles. The van der Waals surface area contributed by atoms with Crippen LogP contribution in [0.4, 0.5) is 5.82 Å². The van der Waals surface area contributed by atoms with Gasteiger partial charge in [0, 0.05) is 18.3 Å². The van der Waals surface area contributed by atoms with Crippen LogP contribution in [0.3, 0.4) is 0 Å². The second-order valence-electron chi connectivity index (χ2n) is 6.43. The molecule has 1 unspecified atom stereocenters. The minimum Gasteiger partial charge on any atom is -0.382 e. The summed E-state index contributed by atoms with van der Waals surface area (Å²) in [6.07, 6.45) is 2.80. The minimum atomic E-state index is -2.97. The third-order valence-electron chi connectivity index (χ3n) is 3.91. The number of carbonyl (C=O) groups excluding carboxylic acids is 1. The molecule has 0 amide bonds. The van der Waals surface area contributed by atoms with Crippen LogP contribution in [-0.4, -0.2) is 55.1 Å². The van der Waals surface area contributed by atoms with Crippen LogP contribution >= 0.6 is 19.1 Å². The Morgan fingerprint density at radius 2 is 2.07 bits per heavy atom. The molecule has 11 heteroatoms. The fraction of sp³-hybridized carbons (Fsp3) is 0.625. The molecule has 2 atom stereocenters. The maximum absolute atomic E-state index is 13.0. The van der Waals surface area contributed by atoms with E-state index in [2.05, 4.69) is 15.0 Å². The van der Waals surface area contributed by atoms with Crippen molar-refractivity contribution in [3.05, 3.63) is 12.7 Å². The summed E-state index contributed by atoms with van der Waals surface area (Å²) >= 11 is 1.15. The zero-order chi connectivity index (χ0) is 20.0. The molecular formula is C16H26N5O4PS. The summed E-state index contributed by atoms with van der Waals surface area (Å²) in [6, 6.07) is 0. The molecular weight excluding hydrogens is 389 g/mol. The predicted molar refractivity (Wildman–Crippen MR) is 107 cm³/mol. The number of fused-ring (bicyclic) bond motifs is 1. The lowest BCUT2D eigenvalue weighted by Gasteiger charge is -2.24. The van der Waals surface area contributed by atoms with Crippen LogP contribution in [0, 0.1) is 0 Å². The highest BCUT2D eigenvalue weighted by molar-refractivity contribution is 8.13. The van der Waals surface area contributed by atoms with Gasteiger partial charge in [0.1, 0.15) is 18.2 Å². The number of anilines is 1. The molecule has 0 radical (unpaired) electrons. The Bertz CT molecular complexity index is 828. The van der Waals surface area contributed by atoms with Crippen LogP contribution in [0.2, 0.25) is 0 Å². The molecule has 0 spiro atoms. The Hall–Kier alpha value is -1.48. The maximum Gasteiger partial charge on any atom is 0.230 e. The first-order valence-electron chi connectivity index (χ1n) is 8.62. The average Bonchev–Trinajstić information content (AvgIpc) is 3.01. The molecule has 2 N–H and O–H groups in total. The molecule has 0 saturated heterocycles. The number of ether oxygens (including phenoxy) is 1. The van der Waals surface area contributed by atoms with Crippen molar-refractivity contribution in [1.29, 1.82) is 0 Å². The van der Waals surface area contributed by atoms with Crippen LogP contribution in [-0.2, 0) is 25.2 Å². The van der Waals surface area contributed by atoms with Gasteiger partial charge < -0.3 is 19.6 Å². The molecule has 27 heavy (non-hydrogen) atoms. The smallest absolute Gasteiger partial charge is 0.230 e. The molecule has 2 rings (SSSR count). The molecule has 0 fully saturated rings. The first kappa shape index (κ1) is 21.8. The van der Waals surface area contributed by atoms with E-state index < -0.39 is 7.37 Å². The lowest BCUT2D eigenvalue weighted by molar-refractivity contribution is -0.109. The molecule has 0 aliphatic carbocycles. The third kappa shape index (κ3) is 6.00. The van der Waals surface area contributed by atoms with E-state index in [1.54, 1.807) is 6.33 Å². The van der Waals surface area contributed by atoms with E-state index in [-0.39, 0.29) is 29.8 Å². The highest BCUT2D eigenvalue weighted by atomic mass is 32.2. The van der Waals surface area contributed by atoms with Crippen molar-refractivity contribution in [3.63, 3.8) is 0 Å². The lowest BCUT2D eigenvalue weighted by Crippen LogP contribution is -2.19. The van der Waals surface area contributed by atoms with Gasteiger partial charge in [-0.05, 0) is 6.92 Å². The van der Waals surface area contributed by atoms with E-state index in [1.807, 2.05) is 25.3 Å². The number of carbonyl (C=O) groups is 1. The highest BCUT2D eigenvalue weighted by Crippen LogP contribution is 2.51. The molecule has 0 bridgehead atoms. The molecule has 0 aliphatic rings. The fourth-order valence-electron chi connectivity index (χ4n) is 2.31. The number of hydrogen-bond donors (Lipinski definition) is 1. The Labute approximate surface area is 162 Å². The van der Waals surface area contributed by atoms with E-state index in [9.17, 15) is 9.36 Å². The van der Waals surface area contributed by atoms with E-state index in [1.165, 1.54) is 13.3 Å². The minimum absolute atomic E-state index is 0.0138. The number of rotatable bonds is 10. The summed E-state index contributed by atoms with van der Waals surface area (Å²) < 4.78 is 26.3. The first-order valence-corrected chi connectivity index (χ1v) is 11.5. The van der Waals surface area contributed by atoms with Crippen LogP contribution in [0.5, 0.6) is 0 Å². The highest BCUT2D eigenvalue weighted by Gasteiger charge is 2.29. The summed E-state index contributed by atoms with van der Waals surface area (Å²) in [5.41, 5.74) is 6.79. The van der Waals surface area contributed by atoms with Crippen LogP contribution < -0.4 is 5.73 Å². The van der Waals surface area contributed by atoms with Crippen molar-refractivity contribution in [2.75, 3.05) is 24.4 Å². The number of hydrogen-bond acceptors (Lipinski definition) is 9. The second-order valence-corrected chi connectivity index (χ2v) is 10.7. The van der Waals surface area contributed by atoms with Gasteiger partial charge in [0.15, 0.2) is 16.6 Å². The van der Waals surface area contributed by atoms with Crippen LogP contribution in [0.25, 0.3) is 11.2 Å². The van der Waals surface area contributed by atoms with Crippen LogP contribution in [0.1, 0.15) is 27.7 Å². The number of imidazole rings is 1. The monoisotopic (exact) mass is 415 g/mol. The summed E-state index contributed by atoms with van der Waals surface area (Å²) in [5, 5.41) is 0.0138. The third-order valence-corrected chi connectivity index (χ3v) is 7.39. The van der Waals surface area contributed by atoms with Gasteiger partial charge in [-0.15, -0.1) is 0 Å². The fourth-order valence-corrected chi connectivity index (χ4v) is 4.42. The van der Waals surface area contributed by atoms with Crippen LogP contribution in [0.15, 0.2) is 12.7 Å². The van der Waals surface area contributed by atoms with E-state index >= 15 is 0 Å². The Balaban J connectivity index is 1.92. The topological polar surface area (TPSA) is 122 Å². The Morgan fingerprint density at radius 3 is 2.74 bits per heavy atom. The van der Waals surface area contributed by atoms with Crippen molar-refractivity contribution in [2.24, 2.45) is 0 Å². The summed E-state index contributed by atoms with van der Waals surface area (Å²) in [4.78, 5) is 23.3. The normalized spacial score (nSPS) is 15.1. The van der Waals surface area contributed by atoms with Gasteiger partial charge in [-0.2, -0.15) is 0 Å². The Morgan fingerprint density at radius 1 is 1.33 bits per heavy atom. The van der Waals surface area contributed by atoms with Crippen molar-refractivity contribution < 1.29 is 18.6 Å². The van der Waals surface area contributed by atoms with Crippen molar-refractivity contribution in [3.8, 4) is 0 Å². The van der Waals surface area contributed by atoms with E-state index in [0.717, 1.165) is 11.8 Å². The zero-order valence-electron chi connectivity index (χ0n) is 16.0. The molecule has 2 aromatic heterocycles. The van der Waals surface area contributed by atoms with Gasteiger partial charge in [-0.1, -0.05) is 25.6 Å². The molecule has 9 nitrogen and oxygen atoms in total. The zero-order valence-corrected chi connectivity index (χ0v) is 17.7. The largest absolute Gasteiger partial charge is 0.382 e. The number of aromatic nitrogens is 4. The molecule has 150 valence electrons.